The number of aliphatic carboxylic acids is 1. The normalized spacial score (nSPS) is 16.0. The third-order valence-corrected chi connectivity index (χ3v) is 6.28. The average molecular weight is 387 g/mol. The summed E-state index contributed by atoms with van der Waals surface area (Å²) in [6.07, 6.45) is 2.12. The van der Waals surface area contributed by atoms with Crippen LogP contribution in [0.4, 0.5) is 0 Å². The van der Waals surface area contributed by atoms with Crippen LogP contribution < -0.4 is 4.74 Å². The van der Waals surface area contributed by atoms with E-state index in [1.165, 1.54) is 11.1 Å². The van der Waals surface area contributed by atoms with Gasteiger partial charge in [0, 0.05) is 19.0 Å². The van der Waals surface area contributed by atoms with Gasteiger partial charge in [-0.05, 0) is 48.3 Å². The molecule has 0 amide bonds. The lowest BCUT2D eigenvalue weighted by atomic mass is 9.82. The summed E-state index contributed by atoms with van der Waals surface area (Å²) in [4.78, 5) is 11.6. The number of carboxylic acids is 1. The Labute approximate surface area is 164 Å². The molecule has 0 atom stereocenters. The molecule has 0 aliphatic carbocycles. The van der Waals surface area contributed by atoms with Gasteiger partial charge in [0.1, 0.15) is 5.75 Å². The Morgan fingerprint density at radius 2 is 1.70 bits per heavy atom. The van der Waals surface area contributed by atoms with Crippen LogP contribution in [-0.4, -0.2) is 42.4 Å². The molecule has 0 unspecified atom stereocenters. The average Bonchev–Trinajstić information content (AvgIpc) is 2.72. The molecule has 1 aliphatic heterocycles. The predicted molar refractivity (Wildman–Crippen MR) is 109 cm³/mol. The van der Waals surface area contributed by atoms with Crippen molar-refractivity contribution in [2.45, 2.75) is 19.3 Å². The minimum absolute atomic E-state index is 0.551. The maximum atomic E-state index is 11.6. The molecular formula is C22H26O4S. The number of rotatable bonds is 9. The van der Waals surface area contributed by atoms with Gasteiger partial charge in [-0.25, -0.2) is 0 Å². The fourth-order valence-electron chi connectivity index (χ4n) is 3.17. The molecule has 27 heavy (non-hydrogen) atoms. The van der Waals surface area contributed by atoms with Crippen LogP contribution in [0.3, 0.4) is 0 Å². The van der Waals surface area contributed by atoms with Crippen molar-refractivity contribution in [1.82, 2.24) is 0 Å². The molecule has 3 rings (SSSR count). The topological polar surface area (TPSA) is 55.8 Å². The zero-order valence-electron chi connectivity index (χ0n) is 15.4. The second-order valence-corrected chi connectivity index (χ2v) is 7.95. The zero-order chi connectivity index (χ0) is 19.0. The summed E-state index contributed by atoms with van der Waals surface area (Å²) in [5.74, 6) is 1.73. The van der Waals surface area contributed by atoms with Gasteiger partial charge in [0.15, 0.2) is 0 Å². The highest BCUT2D eigenvalue weighted by Crippen LogP contribution is 2.34. The lowest BCUT2D eigenvalue weighted by Gasteiger charge is -2.32. The van der Waals surface area contributed by atoms with Gasteiger partial charge in [-0.15, -0.1) is 0 Å². The van der Waals surface area contributed by atoms with Crippen molar-refractivity contribution in [2.75, 3.05) is 31.3 Å². The van der Waals surface area contributed by atoms with Crippen molar-refractivity contribution in [3.05, 3.63) is 54.6 Å². The highest BCUT2D eigenvalue weighted by molar-refractivity contribution is 7.99. The van der Waals surface area contributed by atoms with Gasteiger partial charge in [0.25, 0.3) is 0 Å². The van der Waals surface area contributed by atoms with Crippen LogP contribution in [0.1, 0.15) is 19.3 Å². The molecule has 4 nitrogen and oxygen atoms in total. The van der Waals surface area contributed by atoms with Gasteiger partial charge in [0.2, 0.25) is 0 Å². The molecule has 0 spiro atoms. The fraction of sp³-hybridized carbons (Fsp3) is 0.409. The molecule has 0 aromatic heterocycles. The SMILES string of the molecule is O=C(O)C1(CSCCCOc2ccc(-c3ccccc3)cc2)CCOCC1. The highest BCUT2D eigenvalue weighted by Gasteiger charge is 2.39. The molecule has 1 aliphatic rings. The molecular weight excluding hydrogens is 360 g/mol. The van der Waals surface area contributed by atoms with E-state index in [-0.39, 0.29) is 0 Å². The second kappa shape index (κ2) is 9.81. The van der Waals surface area contributed by atoms with Crippen LogP contribution >= 0.6 is 11.8 Å². The number of carbonyl (C=O) groups is 1. The van der Waals surface area contributed by atoms with E-state index in [4.69, 9.17) is 9.47 Å². The summed E-state index contributed by atoms with van der Waals surface area (Å²) >= 11 is 1.71. The molecule has 1 fully saturated rings. The molecule has 1 saturated heterocycles. The molecule has 0 radical (unpaired) electrons. The number of benzene rings is 2. The van der Waals surface area contributed by atoms with Gasteiger partial charge in [-0.1, -0.05) is 42.5 Å². The largest absolute Gasteiger partial charge is 0.494 e. The van der Waals surface area contributed by atoms with Crippen molar-refractivity contribution in [3.63, 3.8) is 0 Å². The van der Waals surface area contributed by atoms with Crippen molar-refractivity contribution in [2.24, 2.45) is 5.41 Å². The van der Waals surface area contributed by atoms with E-state index in [9.17, 15) is 9.90 Å². The molecule has 0 saturated carbocycles. The maximum absolute atomic E-state index is 11.6. The number of ether oxygens (including phenoxy) is 2. The molecule has 1 N–H and O–H groups in total. The van der Waals surface area contributed by atoms with Gasteiger partial charge in [-0.3, -0.25) is 4.79 Å². The minimum Gasteiger partial charge on any atom is -0.494 e. The van der Waals surface area contributed by atoms with Gasteiger partial charge in [0.05, 0.1) is 12.0 Å². The van der Waals surface area contributed by atoms with E-state index in [1.54, 1.807) is 11.8 Å². The molecule has 144 valence electrons. The first kappa shape index (κ1) is 19.8. The quantitative estimate of drug-likeness (QED) is 0.631. The standard InChI is InChI=1S/C22H26O4S/c23-21(24)22(11-14-25-15-12-22)17-27-16-4-13-26-20-9-7-19(8-10-20)18-5-2-1-3-6-18/h1-3,5-10H,4,11-17H2,(H,23,24). The van der Waals surface area contributed by atoms with Crippen molar-refractivity contribution in [1.29, 1.82) is 0 Å². The van der Waals surface area contributed by atoms with Crippen LogP contribution in [0.15, 0.2) is 54.6 Å². The summed E-state index contributed by atoms with van der Waals surface area (Å²) in [5, 5.41) is 9.55. The number of carboxylic acid groups (broad SMARTS) is 1. The zero-order valence-corrected chi connectivity index (χ0v) is 16.2. The maximum Gasteiger partial charge on any atom is 0.310 e. The third kappa shape index (κ3) is 5.50. The first-order valence-electron chi connectivity index (χ1n) is 9.37. The molecule has 2 aromatic carbocycles. The first-order valence-corrected chi connectivity index (χ1v) is 10.5. The van der Waals surface area contributed by atoms with E-state index in [0.29, 0.717) is 38.4 Å². The Morgan fingerprint density at radius 3 is 2.37 bits per heavy atom. The Bertz CT molecular complexity index is 709. The number of thioether (sulfide) groups is 1. The van der Waals surface area contributed by atoms with Gasteiger partial charge >= 0.3 is 5.97 Å². The van der Waals surface area contributed by atoms with E-state index in [0.717, 1.165) is 17.9 Å². The Hall–Kier alpha value is -1.98. The summed E-state index contributed by atoms with van der Waals surface area (Å²) in [6, 6.07) is 18.4. The van der Waals surface area contributed by atoms with Crippen LogP contribution in [0.5, 0.6) is 5.75 Å². The highest BCUT2D eigenvalue weighted by atomic mass is 32.2. The number of hydrogen-bond acceptors (Lipinski definition) is 4. The summed E-state index contributed by atoms with van der Waals surface area (Å²) in [7, 11) is 0. The van der Waals surface area contributed by atoms with Crippen LogP contribution in [-0.2, 0) is 9.53 Å². The second-order valence-electron chi connectivity index (χ2n) is 6.84. The Kier molecular flexibility index (Phi) is 7.18. The lowest BCUT2D eigenvalue weighted by Crippen LogP contribution is -2.39. The fourth-order valence-corrected chi connectivity index (χ4v) is 4.44. The first-order chi connectivity index (χ1) is 13.2. The van der Waals surface area contributed by atoms with Crippen LogP contribution in [0.2, 0.25) is 0 Å². The van der Waals surface area contributed by atoms with E-state index < -0.39 is 11.4 Å². The molecule has 0 bridgehead atoms. The molecule has 2 aromatic rings. The van der Waals surface area contributed by atoms with E-state index in [2.05, 4.69) is 24.3 Å². The monoisotopic (exact) mass is 386 g/mol. The summed E-state index contributed by atoms with van der Waals surface area (Å²) < 4.78 is 11.1. The lowest BCUT2D eigenvalue weighted by molar-refractivity contribution is -0.152. The van der Waals surface area contributed by atoms with E-state index in [1.807, 2.05) is 30.3 Å². The molecule has 1 heterocycles. The predicted octanol–water partition coefficient (Wildman–Crippen LogP) is 4.74. The van der Waals surface area contributed by atoms with Crippen LogP contribution in [0, 0.1) is 5.41 Å². The van der Waals surface area contributed by atoms with Gasteiger partial charge < -0.3 is 14.6 Å². The van der Waals surface area contributed by atoms with Crippen LogP contribution in [0.25, 0.3) is 11.1 Å². The molecule has 5 heteroatoms. The van der Waals surface area contributed by atoms with Crippen molar-refractivity contribution >= 4 is 17.7 Å². The summed E-state index contributed by atoms with van der Waals surface area (Å²) in [6.45, 7) is 1.74. The Morgan fingerprint density at radius 1 is 1.04 bits per heavy atom. The smallest absolute Gasteiger partial charge is 0.310 e. The summed E-state index contributed by atoms with van der Waals surface area (Å²) in [5.41, 5.74) is 1.76. The minimum atomic E-state index is -0.687. The Balaban J connectivity index is 1.37. The van der Waals surface area contributed by atoms with Gasteiger partial charge in [-0.2, -0.15) is 11.8 Å². The third-order valence-electron chi connectivity index (χ3n) is 4.95. The number of hydrogen-bond donors (Lipinski definition) is 1. The van der Waals surface area contributed by atoms with Crippen molar-refractivity contribution < 1.29 is 19.4 Å². The van der Waals surface area contributed by atoms with Crippen molar-refractivity contribution in [3.8, 4) is 16.9 Å². The van der Waals surface area contributed by atoms with E-state index >= 15 is 0 Å².